The molecule has 0 spiro atoms. The van der Waals surface area contributed by atoms with Crippen molar-refractivity contribution in [2.75, 3.05) is 26.2 Å². The molecule has 0 aliphatic heterocycles. The zero-order valence-electron chi connectivity index (χ0n) is 16.4. The molecule has 2 N–H and O–H groups in total. The van der Waals surface area contributed by atoms with E-state index in [1.54, 1.807) is 0 Å². The fraction of sp³-hybridized carbons (Fsp3) is 0.619. The van der Waals surface area contributed by atoms with Gasteiger partial charge in [0.1, 0.15) is 12.4 Å². The molecule has 150 valence electrons. The molecule has 1 fully saturated rings. The van der Waals surface area contributed by atoms with E-state index < -0.39 is 17.8 Å². The average molecular weight is 376 g/mol. The van der Waals surface area contributed by atoms with Crippen molar-refractivity contribution < 1.29 is 19.4 Å². The summed E-state index contributed by atoms with van der Waals surface area (Å²) in [7, 11) is 0. The Morgan fingerprint density at radius 2 is 1.89 bits per heavy atom. The summed E-state index contributed by atoms with van der Waals surface area (Å²) in [6, 6.07) is 7.69. The standard InChI is InChI=1S/C21H32N2O4/c1-3-23(4-2)12-13-27-17-9-7-8-16(14-17)15-22-20(24)18-10-5-6-11-19(18)21(25)26/h7-9,14,18-19H,3-6,10-13,15H2,1-2H3,(H,22,24)(H,25,26). The van der Waals surface area contributed by atoms with Gasteiger partial charge in [-0.1, -0.05) is 38.8 Å². The van der Waals surface area contributed by atoms with E-state index >= 15 is 0 Å². The van der Waals surface area contributed by atoms with Gasteiger partial charge >= 0.3 is 5.97 Å². The number of benzene rings is 1. The summed E-state index contributed by atoms with van der Waals surface area (Å²) >= 11 is 0. The second-order valence-corrected chi connectivity index (χ2v) is 7.08. The minimum atomic E-state index is -0.863. The summed E-state index contributed by atoms with van der Waals surface area (Å²) in [5.41, 5.74) is 0.950. The minimum Gasteiger partial charge on any atom is -0.492 e. The van der Waals surface area contributed by atoms with Gasteiger partial charge < -0.3 is 20.1 Å². The van der Waals surface area contributed by atoms with Gasteiger partial charge in [-0.3, -0.25) is 9.59 Å². The third-order valence-electron chi connectivity index (χ3n) is 5.36. The van der Waals surface area contributed by atoms with Crippen molar-refractivity contribution in [2.45, 2.75) is 46.1 Å². The number of likely N-dealkylation sites (N-methyl/N-ethyl adjacent to an activating group) is 1. The Labute approximate surface area is 161 Å². The molecule has 6 heteroatoms. The van der Waals surface area contributed by atoms with Crippen LogP contribution in [0.25, 0.3) is 0 Å². The molecule has 1 amide bonds. The predicted octanol–water partition coefficient (Wildman–Crippen LogP) is 2.91. The molecule has 6 nitrogen and oxygen atoms in total. The number of carbonyl (C=O) groups excluding carboxylic acids is 1. The third kappa shape index (κ3) is 6.54. The Bertz CT molecular complexity index is 616. The normalized spacial score (nSPS) is 19.7. The van der Waals surface area contributed by atoms with Crippen molar-refractivity contribution in [1.82, 2.24) is 10.2 Å². The lowest BCUT2D eigenvalue weighted by Gasteiger charge is -2.27. The van der Waals surface area contributed by atoms with Gasteiger partial charge in [-0.2, -0.15) is 0 Å². The lowest BCUT2D eigenvalue weighted by molar-refractivity contribution is -0.148. The molecule has 2 atom stereocenters. The van der Waals surface area contributed by atoms with Crippen molar-refractivity contribution in [3.8, 4) is 5.75 Å². The molecular formula is C21H32N2O4. The Morgan fingerprint density at radius 1 is 1.19 bits per heavy atom. The first kappa shape index (κ1) is 21.2. The van der Waals surface area contributed by atoms with E-state index in [-0.39, 0.29) is 5.91 Å². The highest BCUT2D eigenvalue weighted by Gasteiger charge is 2.35. The van der Waals surface area contributed by atoms with Crippen LogP contribution in [0.2, 0.25) is 0 Å². The predicted molar refractivity (Wildman–Crippen MR) is 105 cm³/mol. The first-order chi connectivity index (χ1) is 13.0. The van der Waals surface area contributed by atoms with Crippen LogP contribution in [0.15, 0.2) is 24.3 Å². The van der Waals surface area contributed by atoms with Gasteiger partial charge in [0.05, 0.1) is 11.8 Å². The molecule has 0 aromatic heterocycles. The third-order valence-corrected chi connectivity index (χ3v) is 5.36. The minimum absolute atomic E-state index is 0.157. The highest BCUT2D eigenvalue weighted by Crippen LogP contribution is 2.30. The number of amides is 1. The van der Waals surface area contributed by atoms with Crippen molar-refractivity contribution in [2.24, 2.45) is 11.8 Å². The van der Waals surface area contributed by atoms with E-state index in [1.165, 1.54) is 0 Å². The van der Waals surface area contributed by atoms with E-state index in [2.05, 4.69) is 24.1 Å². The van der Waals surface area contributed by atoms with Crippen LogP contribution in [-0.2, 0) is 16.1 Å². The maximum Gasteiger partial charge on any atom is 0.307 e. The van der Waals surface area contributed by atoms with Crippen LogP contribution in [-0.4, -0.2) is 48.1 Å². The molecule has 1 saturated carbocycles. The lowest BCUT2D eigenvalue weighted by Crippen LogP contribution is -2.39. The lowest BCUT2D eigenvalue weighted by atomic mass is 9.78. The van der Waals surface area contributed by atoms with Crippen LogP contribution in [0.5, 0.6) is 5.75 Å². The molecule has 27 heavy (non-hydrogen) atoms. The van der Waals surface area contributed by atoms with Crippen molar-refractivity contribution >= 4 is 11.9 Å². The Hall–Kier alpha value is -2.08. The number of carboxylic acid groups (broad SMARTS) is 1. The summed E-state index contributed by atoms with van der Waals surface area (Å²) < 4.78 is 5.82. The summed E-state index contributed by atoms with van der Waals surface area (Å²) in [5, 5.41) is 12.2. The van der Waals surface area contributed by atoms with Crippen LogP contribution in [0.1, 0.15) is 45.1 Å². The molecule has 0 saturated heterocycles. The zero-order chi connectivity index (χ0) is 19.6. The van der Waals surface area contributed by atoms with Gasteiger partial charge in [-0.15, -0.1) is 0 Å². The van der Waals surface area contributed by atoms with Crippen molar-refractivity contribution in [3.05, 3.63) is 29.8 Å². The number of ether oxygens (including phenoxy) is 1. The molecule has 0 heterocycles. The number of hydrogen-bond donors (Lipinski definition) is 2. The Kier molecular flexibility index (Phi) is 8.58. The molecule has 2 rings (SSSR count). The highest BCUT2D eigenvalue weighted by atomic mass is 16.5. The monoisotopic (exact) mass is 376 g/mol. The molecule has 1 aromatic rings. The second kappa shape index (κ2) is 10.9. The Balaban J connectivity index is 1.84. The summed E-state index contributed by atoms with van der Waals surface area (Å²) in [6.07, 6.45) is 3.03. The number of aliphatic carboxylic acids is 1. The van der Waals surface area contributed by atoms with E-state index in [0.29, 0.717) is 26.0 Å². The second-order valence-electron chi connectivity index (χ2n) is 7.08. The molecule has 0 bridgehead atoms. The van der Waals surface area contributed by atoms with Crippen LogP contribution < -0.4 is 10.1 Å². The number of carbonyl (C=O) groups is 2. The summed E-state index contributed by atoms with van der Waals surface area (Å²) in [4.78, 5) is 26.2. The first-order valence-corrected chi connectivity index (χ1v) is 9.99. The molecule has 1 aliphatic carbocycles. The summed E-state index contributed by atoms with van der Waals surface area (Å²) in [5.74, 6) is -1.22. The Morgan fingerprint density at radius 3 is 2.56 bits per heavy atom. The maximum absolute atomic E-state index is 12.5. The quantitative estimate of drug-likeness (QED) is 0.656. The van der Waals surface area contributed by atoms with Gasteiger partial charge in [0.25, 0.3) is 0 Å². The van der Waals surface area contributed by atoms with Crippen molar-refractivity contribution in [1.29, 1.82) is 0 Å². The van der Waals surface area contributed by atoms with Crippen LogP contribution in [0.3, 0.4) is 0 Å². The first-order valence-electron chi connectivity index (χ1n) is 9.99. The zero-order valence-corrected chi connectivity index (χ0v) is 16.4. The fourth-order valence-electron chi connectivity index (χ4n) is 3.64. The van der Waals surface area contributed by atoms with Gasteiger partial charge in [0.2, 0.25) is 5.91 Å². The molecular weight excluding hydrogens is 344 g/mol. The van der Waals surface area contributed by atoms with E-state index in [9.17, 15) is 14.7 Å². The van der Waals surface area contributed by atoms with Crippen LogP contribution in [0.4, 0.5) is 0 Å². The number of nitrogens with one attached hydrogen (secondary N) is 1. The van der Waals surface area contributed by atoms with Crippen LogP contribution in [0, 0.1) is 11.8 Å². The van der Waals surface area contributed by atoms with Crippen LogP contribution >= 0.6 is 0 Å². The fourth-order valence-corrected chi connectivity index (χ4v) is 3.64. The molecule has 1 aliphatic rings. The van der Waals surface area contributed by atoms with E-state index in [0.717, 1.165) is 43.8 Å². The molecule has 0 radical (unpaired) electrons. The topological polar surface area (TPSA) is 78.9 Å². The SMILES string of the molecule is CCN(CC)CCOc1cccc(CNC(=O)C2CCCCC2C(=O)O)c1. The number of rotatable bonds is 10. The van der Waals surface area contributed by atoms with Gasteiger partial charge in [0.15, 0.2) is 0 Å². The largest absolute Gasteiger partial charge is 0.492 e. The van der Waals surface area contributed by atoms with Gasteiger partial charge in [-0.25, -0.2) is 0 Å². The van der Waals surface area contributed by atoms with Gasteiger partial charge in [-0.05, 0) is 43.6 Å². The van der Waals surface area contributed by atoms with E-state index in [1.807, 2.05) is 24.3 Å². The molecule has 1 aromatic carbocycles. The number of carboxylic acids is 1. The summed E-state index contributed by atoms with van der Waals surface area (Å²) in [6.45, 7) is 8.16. The van der Waals surface area contributed by atoms with Crippen molar-refractivity contribution in [3.63, 3.8) is 0 Å². The smallest absolute Gasteiger partial charge is 0.307 e. The maximum atomic E-state index is 12.5. The average Bonchev–Trinajstić information content (AvgIpc) is 2.69. The van der Waals surface area contributed by atoms with E-state index in [4.69, 9.17) is 4.74 Å². The molecule has 2 unspecified atom stereocenters. The number of nitrogens with zero attached hydrogens (tertiary/aromatic N) is 1. The van der Waals surface area contributed by atoms with Gasteiger partial charge in [0, 0.05) is 13.1 Å². The highest BCUT2D eigenvalue weighted by molar-refractivity contribution is 5.84. The number of hydrogen-bond acceptors (Lipinski definition) is 4.